The molecule has 0 radical (unpaired) electrons. The molecule has 0 saturated carbocycles. The lowest BCUT2D eigenvalue weighted by Crippen LogP contribution is -2.68. The number of hydrogen-bond donors (Lipinski definition) is 1. The van der Waals surface area contributed by atoms with E-state index in [2.05, 4.69) is 10.3 Å². The summed E-state index contributed by atoms with van der Waals surface area (Å²) in [6.07, 6.45) is 5.81. The van der Waals surface area contributed by atoms with Gasteiger partial charge in [-0.3, -0.25) is 9.59 Å². The summed E-state index contributed by atoms with van der Waals surface area (Å²) < 4.78 is 1.94. The van der Waals surface area contributed by atoms with Gasteiger partial charge in [-0.2, -0.15) is 0 Å². The Morgan fingerprint density at radius 3 is 2.67 bits per heavy atom. The third-order valence-electron chi connectivity index (χ3n) is 4.16. The molecule has 2 rings (SSSR count). The van der Waals surface area contributed by atoms with E-state index in [0.29, 0.717) is 19.4 Å². The Bertz CT molecular complexity index is 536. The van der Waals surface area contributed by atoms with Crippen LogP contribution in [0.2, 0.25) is 0 Å². The Morgan fingerprint density at radius 2 is 2.10 bits per heavy atom. The van der Waals surface area contributed by atoms with E-state index >= 15 is 0 Å². The van der Waals surface area contributed by atoms with Gasteiger partial charge in [-0.15, -0.1) is 0 Å². The van der Waals surface area contributed by atoms with Crippen LogP contribution in [0.1, 0.15) is 39.4 Å². The Balaban J connectivity index is 2.14. The van der Waals surface area contributed by atoms with Gasteiger partial charge in [-0.25, -0.2) is 4.98 Å². The van der Waals surface area contributed by atoms with Crippen LogP contribution >= 0.6 is 0 Å². The van der Waals surface area contributed by atoms with Crippen molar-refractivity contribution in [3.05, 3.63) is 18.2 Å². The molecule has 6 heteroatoms. The number of nitrogens with one attached hydrogen (secondary N) is 1. The Hall–Kier alpha value is -1.85. The number of imidazole rings is 1. The molecule has 1 aliphatic heterocycles. The van der Waals surface area contributed by atoms with Gasteiger partial charge in [-0.1, -0.05) is 13.3 Å². The highest BCUT2D eigenvalue weighted by atomic mass is 16.2. The zero-order valence-corrected chi connectivity index (χ0v) is 13.2. The molecule has 1 unspecified atom stereocenters. The zero-order valence-electron chi connectivity index (χ0n) is 13.2. The number of carbonyl (C=O) groups is 2. The maximum absolute atomic E-state index is 12.6. The second-order valence-electron chi connectivity index (χ2n) is 6.07. The molecule has 1 aliphatic rings. The van der Waals surface area contributed by atoms with Crippen molar-refractivity contribution in [1.29, 1.82) is 0 Å². The van der Waals surface area contributed by atoms with Crippen LogP contribution in [-0.2, 0) is 23.1 Å². The molecule has 0 aliphatic carbocycles. The van der Waals surface area contributed by atoms with Crippen molar-refractivity contribution >= 4 is 11.8 Å². The van der Waals surface area contributed by atoms with E-state index in [1.54, 1.807) is 24.9 Å². The van der Waals surface area contributed by atoms with Gasteiger partial charge in [0.2, 0.25) is 11.8 Å². The van der Waals surface area contributed by atoms with E-state index in [4.69, 9.17) is 0 Å². The van der Waals surface area contributed by atoms with Crippen LogP contribution in [0.4, 0.5) is 0 Å². The molecule has 1 aromatic heterocycles. The van der Waals surface area contributed by atoms with Crippen LogP contribution in [0.15, 0.2) is 12.4 Å². The molecule has 1 aromatic rings. The molecule has 1 saturated heterocycles. The predicted octanol–water partition coefficient (Wildman–Crippen LogP) is 0.868. The first kappa shape index (κ1) is 15.5. The number of carbonyl (C=O) groups excluding carboxylic acids is 2. The molecule has 0 bridgehead atoms. The van der Waals surface area contributed by atoms with Crippen LogP contribution in [0.25, 0.3) is 0 Å². The highest BCUT2D eigenvalue weighted by Gasteiger charge is 2.45. The predicted molar refractivity (Wildman–Crippen MR) is 79.5 cm³/mol. The maximum atomic E-state index is 12.6. The summed E-state index contributed by atoms with van der Waals surface area (Å²) in [5.74, 6) is 0.840. The van der Waals surface area contributed by atoms with Crippen molar-refractivity contribution in [2.45, 2.75) is 51.6 Å². The standard InChI is InChI=1S/C15H24N4O2/c1-5-6-11-13(20)19(15(2,3)14(21)17-11)9-7-12-16-8-10-18(12)4/h8,10-11H,5-7,9H2,1-4H3,(H,17,21). The van der Waals surface area contributed by atoms with Gasteiger partial charge >= 0.3 is 0 Å². The lowest BCUT2D eigenvalue weighted by molar-refractivity contribution is -0.155. The summed E-state index contributed by atoms with van der Waals surface area (Å²) in [6.45, 7) is 6.10. The van der Waals surface area contributed by atoms with E-state index in [9.17, 15) is 9.59 Å². The fraction of sp³-hybridized carbons (Fsp3) is 0.667. The molecule has 0 aromatic carbocycles. The third-order valence-corrected chi connectivity index (χ3v) is 4.16. The van der Waals surface area contributed by atoms with Crippen molar-refractivity contribution in [1.82, 2.24) is 19.8 Å². The summed E-state index contributed by atoms with van der Waals surface area (Å²) in [7, 11) is 1.93. The highest BCUT2D eigenvalue weighted by Crippen LogP contribution is 2.23. The van der Waals surface area contributed by atoms with Gasteiger partial charge in [-0.05, 0) is 20.3 Å². The lowest BCUT2D eigenvalue weighted by atomic mass is 9.94. The second kappa shape index (κ2) is 5.87. The van der Waals surface area contributed by atoms with Crippen molar-refractivity contribution in [3.63, 3.8) is 0 Å². The van der Waals surface area contributed by atoms with Crippen molar-refractivity contribution in [2.75, 3.05) is 6.54 Å². The molecule has 21 heavy (non-hydrogen) atoms. The molecular weight excluding hydrogens is 268 g/mol. The number of hydrogen-bond acceptors (Lipinski definition) is 3. The first-order valence-electron chi connectivity index (χ1n) is 7.46. The smallest absolute Gasteiger partial charge is 0.246 e. The molecule has 0 spiro atoms. The Labute approximate surface area is 125 Å². The van der Waals surface area contributed by atoms with Gasteiger partial charge in [0.1, 0.15) is 17.4 Å². The number of rotatable bonds is 5. The second-order valence-corrected chi connectivity index (χ2v) is 6.07. The number of amides is 2. The van der Waals surface area contributed by atoms with E-state index in [1.165, 1.54) is 0 Å². The van der Waals surface area contributed by atoms with Crippen molar-refractivity contribution < 1.29 is 9.59 Å². The minimum Gasteiger partial charge on any atom is -0.342 e. The maximum Gasteiger partial charge on any atom is 0.246 e. The van der Waals surface area contributed by atoms with Gasteiger partial charge in [0.25, 0.3) is 0 Å². The van der Waals surface area contributed by atoms with E-state index < -0.39 is 11.6 Å². The summed E-state index contributed by atoms with van der Waals surface area (Å²) >= 11 is 0. The Morgan fingerprint density at radius 1 is 1.38 bits per heavy atom. The van der Waals surface area contributed by atoms with Crippen LogP contribution in [0.3, 0.4) is 0 Å². The lowest BCUT2D eigenvalue weighted by Gasteiger charge is -2.44. The quantitative estimate of drug-likeness (QED) is 0.875. The molecule has 1 fully saturated rings. The summed E-state index contributed by atoms with van der Waals surface area (Å²) in [6, 6.07) is -0.392. The average Bonchev–Trinajstić information content (AvgIpc) is 2.82. The summed E-state index contributed by atoms with van der Waals surface area (Å²) in [5, 5.41) is 2.84. The minimum absolute atomic E-state index is 0.00987. The molecule has 2 heterocycles. The van der Waals surface area contributed by atoms with Gasteiger partial charge in [0.15, 0.2) is 0 Å². The third kappa shape index (κ3) is 2.94. The van der Waals surface area contributed by atoms with E-state index in [1.807, 2.05) is 24.7 Å². The van der Waals surface area contributed by atoms with E-state index in [-0.39, 0.29) is 11.8 Å². The van der Waals surface area contributed by atoms with Crippen LogP contribution in [-0.4, -0.2) is 44.4 Å². The number of piperazine rings is 1. The zero-order chi connectivity index (χ0) is 15.6. The SMILES string of the molecule is CCCC1NC(=O)C(C)(C)N(CCc2nccn2C)C1=O. The first-order valence-corrected chi connectivity index (χ1v) is 7.46. The summed E-state index contributed by atoms with van der Waals surface area (Å²) in [4.78, 5) is 30.8. The molecule has 116 valence electrons. The van der Waals surface area contributed by atoms with Crippen molar-refractivity contribution in [3.8, 4) is 0 Å². The molecular formula is C15H24N4O2. The largest absolute Gasteiger partial charge is 0.342 e. The fourth-order valence-corrected chi connectivity index (χ4v) is 2.71. The normalized spacial score (nSPS) is 21.5. The molecule has 1 atom stereocenters. The van der Waals surface area contributed by atoms with Crippen LogP contribution in [0, 0.1) is 0 Å². The first-order chi connectivity index (χ1) is 9.87. The highest BCUT2D eigenvalue weighted by molar-refractivity contribution is 5.99. The topological polar surface area (TPSA) is 67.2 Å². The number of nitrogens with zero attached hydrogens (tertiary/aromatic N) is 3. The minimum atomic E-state index is -0.813. The van der Waals surface area contributed by atoms with Gasteiger partial charge in [0, 0.05) is 32.4 Å². The van der Waals surface area contributed by atoms with Crippen molar-refractivity contribution in [2.24, 2.45) is 7.05 Å². The summed E-state index contributed by atoms with van der Waals surface area (Å²) in [5.41, 5.74) is -0.813. The fourth-order valence-electron chi connectivity index (χ4n) is 2.71. The average molecular weight is 292 g/mol. The molecule has 1 N–H and O–H groups in total. The monoisotopic (exact) mass is 292 g/mol. The van der Waals surface area contributed by atoms with Gasteiger partial charge in [0.05, 0.1) is 0 Å². The van der Waals surface area contributed by atoms with Crippen LogP contribution in [0.5, 0.6) is 0 Å². The molecule has 6 nitrogen and oxygen atoms in total. The Kier molecular flexibility index (Phi) is 4.34. The molecule has 2 amide bonds. The van der Waals surface area contributed by atoms with Crippen LogP contribution < -0.4 is 5.32 Å². The van der Waals surface area contributed by atoms with E-state index in [0.717, 1.165) is 12.2 Å². The number of aromatic nitrogens is 2. The van der Waals surface area contributed by atoms with Gasteiger partial charge < -0.3 is 14.8 Å². The number of aryl methyl sites for hydroxylation is 1.